The van der Waals surface area contributed by atoms with Gasteiger partial charge in [0.15, 0.2) is 5.82 Å². The summed E-state index contributed by atoms with van der Waals surface area (Å²) in [7, 11) is 0. The maximum atomic E-state index is 12.8. The van der Waals surface area contributed by atoms with E-state index < -0.39 is 0 Å². The van der Waals surface area contributed by atoms with Crippen LogP contribution in [-0.4, -0.2) is 39.4 Å². The number of hydrogen-bond donors (Lipinski definition) is 1. The largest absolute Gasteiger partial charge is 0.483 e. The summed E-state index contributed by atoms with van der Waals surface area (Å²) in [6.07, 6.45) is 2.00. The van der Waals surface area contributed by atoms with Crippen LogP contribution in [0.2, 0.25) is 0 Å². The summed E-state index contributed by atoms with van der Waals surface area (Å²) < 4.78 is 2.07. The first-order valence-corrected chi connectivity index (χ1v) is 10.5. The highest BCUT2D eigenvalue weighted by molar-refractivity contribution is 5.40. The van der Waals surface area contributed by atoms with Crippen LogP contribution in [-0.2, 0) is 11.2 Å². The average Bonchev–Trinajstić information content (AvgIpc) is 2.78. The maximum Gasteiger partial charge on any atom is 0.290 e. The standard InChI is InChI=1S/C23H24N4O.CH2O2/c1-16-10-11-22(25-24-16)26-14-18-13-19(15-26)21(12-17-6-3-2-4-7-17)27-20(18)8-5-9-23(27)28;2-1-3/h2-11,18-19,21H,12-15H2,1H3;1H,(H,2,3)/t18-,19+,21+;/m1./s1. The Morgan fingerprint density at radius 2 is 1.81 bits per heavy atom. The van der Waals surface area contributed by atoms with Gasteiger partial charge in [-0.15, -0.1) is 5.10 Å². The minimum absolute atomic E-state index is 0.122. The lowest BCUT2D eigenvalue weighted by Crippen LogP contribution is -2.50. The lowest BCUT2D eigenvalue weighted by Gasteiger charge is -2.47. The lowest BCUT2D eigenvalue weighted by molar-refractivity contribution is -0.122. The van der Waals surface area contributed by atoms with Crippen LogP contribution >= 0.6 is 0 Å². The van der Waals surface area contributed by atoms with E-state index >= 15 is 0 Å². The molecule has 1 fully saturated rings. The molecule has 31 heavy (non-hydrogen) atoms. The minimum atomic E-state index is -0.250. The topological polar surface area (TPSA) is 88.3 Å². The molecule has 2 bridgehead atoms. The zero-order valence-electron chi connectivity index (χ0n) is 17.5. The quantitative estimate of drug-likeness (QED) is 0.658. The fraction of sp³-hybridized carbons (Fsp3) is 0.333. The second-order valence-corrected chi connectivity index (χ2v) is 8.15. The van der Waals surface area contributed by atoms with Crippen molar-refractivity contribution >= 4 is 12.3 Å². The van der Waals surface area contributed by atoms with Crippen LogP contribution in [0, 0.1) is 12.8 Å². The van der Waals surface area contributed by atoms with Crippen molar-refractivity contribution in [2.24, 2.45) is 5.92 Å². The van der Waals surface area contributed by atoms with Crippen molar-refractivity contribution < 1.29 is 9.90 Å². The monoisotopic (exact) mass is 418 g/mol. The van der Waals surface area contributed by atoms with Crippen LogP contribution in [0.25, 0.3) is 0 Å². The van der Waals surface area contributed by atoms with Crippen molar-refractivity contribution in [1.29, 1.82) is 0 Å². The summed E-state index contributed by atoms with van der Waals surface area (Å²) in [4.78, 5) is 23.5. The summed E-state index contributed by atoms with van der Waals surface area (Å²) in [5.74, 6) is 1.70. The Balaban J connectivity index is 0.000000730. The summed E-state index contributed by atoms with van der Waals surface area (Å²) in [6, 6.07) is 20.5. The van der Waals surface area contributed by atoms with E-state index in [1.165, 1.54) is 5.56 Å². The molecule has 2 aliphatic heterocycles. The number of fused-ring (bicyclic) bond motifs is 4. The Hall–Kier alpha value is -3.48. The third-order valence-electron chi connectivity index (χ3n) is 6.19. The number of nitrogens with zero attached hydrogens (tertiary/aromatic N) is 4. The third-order valence-corrected chi connectivity index (χ3v) is 6.19. The van der Waals surface area contributed by atoms with Gasteiger partial charge in [-0.3, -0.25) is 9.59 Å². The van der Waals surface area contributed by atoms with Crippen molar-refractivity contribution in [2.45, 2.75) is 31.7 Å². The van der Waals surface area contributed by atoms with Crippen LogP contribution in [0.1, 0.15) is 35.3 Å². The Morgan fingerprint density at radius 3 is 2.52 bits per heavy atom. The number of piperidine rings is 1. The molecule has 7 nitrogen and oxygen atoms in total. The van der Waals surface area contributed by atoms with Gasteiger partial charge in [-0.05, 0) is 49.4 Å². The molecular formula is C24H26N4O3. The molecule has 1 N–H and O–H groups in total. The van der Waals surface area contributed by atoms with E-state index in [2.05, 4.69) is 56.1 Å². The van der Waals surface area contributed by atoms with E-state index in [4.69, 9.17) is 9.90 Å². The number of hydrogen-bond acceptors (Lipinski definition) is 5. The van der Waals surface area contributed by atoms with Gasteiger partial charge in [0, 0.05) is 36.8 Å². The average molecular weight is 418 g/mol. The molecule has 3 atom stereocenters. The normalized spacial score (nSPS) is 21.5. The fourth-order valence-corrected chi connectivity index (χ4v) is 4.91. The zero-order valence-corrected chi connectivity index (χ0v) is 17.5. The number of pyridine rings is 1. The van der Waals surface area contributed by atoms with E-state index in [0.717, 1.165) is 43.1 Å². The van der Waals surface area contributed by atoms with Crippen molar-refractivity contribution in [1.82, 2.24) is 14.8 Å². The van der Waals surface area contributed by atoms with E-state index in [9.17, 15) is 4.79 Å². The van der Waals surface area contributed by atoms with Gasteiger partial charge in [-0.1, -0.05) is 36.4 Å². The highest BCUT2D eigenvalue weighted by Crippen LogP contribution is 2.43. The Labute approximate surface area is 181 Å². The van der Waals surface area contributed by atoms with Crippen molar-refractivity contribution in [3.8, 4) is 0 Å². The Bertz CT molecular complexity index is 1080. The lowest BCUT2D eigenvalue weighted by atomic mass is 9.76. The number of aryl methyl sites for hydroxylation is 1. The van der Waals surface area contributed by atoms with Crippen LogP contribution in [0.4, 0.5) is 5.82 Å². The van der Waals surface area contributed by atoms with E-state index in [1.807, 2.05) is 25.1 Å². The van der Waals surface area contributed by atoms with Gasteiger partial charge in [0.2, 0.25) is 0 Å². The molecule has 3 aromatic rings. The first-order valence-electron chi connectivity index (χ1n) is 10.5. The van der Waals surface area contributed by atoms with E-state index in [0.29, 0.717) is 11.8 Å². The van der Waals surface area contributed by atoms with Gasteiger partial charge in [-0.2, -0.15) is 5.10 Å². The van der Waals surface area contributed by atoms with Gasteiger partial charge >= 0.3 is 0 Å². The number of aromatic nitrogens is 3. The number of carboxylic acid groups (broad SMARTS) is 1. The fourth-order valence-electron chi connectivity index (χ4n) is 4.91. The predicted octanol–water partition coefficient (Wildman–Crippen LogP) is 3.06. The molecule has 0 spiro atoms. The second-order valence-electron chi connectivity index (χ2n) is 8.15. The Kier molecular flexibility index (Phi) is 6.11. The van der Waals surface area contributed by atoms with Gasteiger partial charge in [0.05, 0.1) is 5.69 Å². The zero-order chi connectivity index (χ0) is 21.8. The van der Waals surface area contributed by atoms with Crippen LogP contribution in [0.15, 0.2) is 65.5 Å². The van der Waals surface area contributed by atoms with Crippen LogP contribution in [0.5, 0.6) is 0 Å². The summed E-state index contributed by atoms with van der Waals surface area (Å²) in [5, 5.41) is 15.6. The molecule has 2 aromatic heterocycles. The number of rotatable bonds is 3. The van der Waals surface area contributed by atoms with Gasteiger partial charge < -0.3 is 14.6 Å². The first kappa shape index (κ1) is 20.8. The molecule has 1 saturated heterocycles. The summed E-state index contributed by atoms with van der Waals surface area (Å²) in [6.45, 7) is 3.50. The molecule has 5 rings (SSSR count). The number of anilines is 1. The molecule has 0 unspecified atom stereocenters. The highest BCUT2D eigenvalue weighted by Gasteiger charge is 2.40. The van der Waals surface area contributed by atoms with Crippen LogP contribution in [0.3, 0.4) is 0 Å². The summed E-state index contributed by atoms with van der Waals surface area (Å²) in [5.41, 5.74) is 3.49. The molecule has 0 saturated carbocycles. The third kappa shape index (κ3) is 4.35. The Morgan fingerprint density at radius 1 is 1.03 bits per heavy atom. The second kappa shape index (κ2) is 9.12. The molecule has 0 aliphatic carbocycles. The van der Waals surface area contributed by atoms with Crippen molar-refractivity contribution in [3.05, 3.63) is 88.0 Å². The molecule has 0 radical (unpaired) electrons. The van der Waals surface area contributed by atoms with Crippen molar-refractivity contribution in [3.63, 3.8) is 0 Å². The van der Waals surface area contributed by atoms with E-state index in [-0.39, 0.29) is 18.1 Å². The van der Waals surface area contributed by atoms with Crippen LogP contribution < -0.4 is 10.5 Å². The van der Waals surface area contributed by atoms with Crippen molar-refractivity contribution in [2.75, 3.05) is 18.0 Å². The minimum Gasteiger partial charge on any atom is -0.483 e. The van der Waals surface area contributed by atoms with Gasteiger partial charge in [0.1, 0.15) is 0 Å². The molecule has 4 heterocycles. The molecule has 2 aliphatic rings. The molecule has 0 amide bonds. The number of benzene rings is 1. The molecule has 1 aromatic carbocycles. The predicted molar refractivity (Wildman–Crippen MR) is 118 cm³/mol. The molecular weight excluding hydrogens is 392 g/mol. The van der Waals surface area contributed by atoms with E-state index in [1.54, 1.807) is 6.07 Å². The first-order chi connectivity index (χ1) is 15.1. The van der Waals surface area contributed by atoms with Gasteiger partial charge in [0.25, 0.3) is 12.0 Å². The molecule has 7 heteroatoms. The number of carbonyl (C=O) groups is 1. The maximum absolute atomic E-state index is 12.8. The molecule has 160 valence electrons. The van der Waals surface area contributed by atoms with Gasteiger partial charge in [-0.25, -0.2) is 0 Å². The smallest absolute Gasteiger partial charge is 0.290 e. The highest BCUT2D eigenvalue weighted by atomic mass is 16.3. The SMILES string of the molecule is Cc1ccc(N2C[C@H]3C[C@@H](C2)[C@H](Cc2ccccc2)n2c3cccc2=O)nn1.O=CO. The summed E-state index contributed by atoms with van der Waals surface area (Å²) >= 11 is 0.